The first-order valence-electron chi connectivity index (χ1n) is 10.0. The number of carboxylic acids is 2. The van der Waals surface area contributed by atoms with Crippen molar-refractivity contribution in [1.82, 2.24) is 16.0 Å². The SMILES string of the molecule is CC(C)CC(NC(=O)C(N)CO)C(=O)NC(CC(C)C)C(=O)NC(CC(=O)O)C(=O)O. The van der Waals surface area contributed by atoms with Crippen LogP contribution in [0, 0.1) is 11.8 Å². The fourth-order valence-corrected chi connectivity index (χ4v) is 2.69. The average molecular weight is 447 g/mol. The molecule has 0 aromatic carbocycles. The van der Waals surface area contributed by atoms with Gasteiger partial charge in [0, 0.05) is 0 Å². The second kappa shape index (κ2) is 13.5. The topological polar surface area (TPSA) is 208 Å². The number of carbonyl (C=O) groups is 5. The Morgan fingerprint density at radius 3 is 1.45 bits per heavy atom. The van der Waals surface area contributed by atoms with Crippen LogP contribution in [0.1, 0.15) is 47.0 Å². The maximum absolute atomic E-state index is 12.8. The molecule has 0 aliphatic heterocycles. The van der Waals surface area contributed by atoms with Gasteiger partial charge in [0.2, 0.25) is 17.7 Å². The lowest BCUT2D eigenvalue weighted by Crippen LogP contribution is -2.58. The Morgan fingerprint density at radius 1 is 0.742 bits per heavy atom. The van der Waals surface area contributed by atoms with Gasteiger partial charge >= 0.3 is 11.9 Å². The summed E-state index contributed by atoms with van der Waals surface area (Å²) in [5.41, 5.74) is 5.47. The summed E-state index contributed by atoms with van der Waals surface area (Å²) in [5.74, 6) is -5.27. The molecule has 0 aliphatic carbocycles. The summed E-state index contributed by atoms with van der Waals surface area (Å²) in [6.45, 7) is 6.60. The third kappa shape index (κ3) is 11.3. The summed E-state index contributed by atoms with van der Waals surface area (Å²) < 4.78 is 0. The quantitative estimate of drug-likeness (QED) is 0.164. The molecule has 0 bridgehead atoms. The van der Waals surface area contributed by atoms with Crippen molar-refractivity contribution in [3.05, 3.63) is 0 Å². The van der Waals surface area contributed by atoms with Crippen molar-refractivity contribution >= 4 is 29.7 Å². The van der Waals surface area contributed by atoms with E-state index in [1.165, 1.54) is 0 Å². The highest BCUT2D eigenvalue weighted by Gasteiger charge is 2.31. The molecule has 0 saturated carbocycles. The van der Waals surface area contributed by atoms with Crippen LogP contribution in [-0.2, 0) is 24.0 Å². The van der Waals surface area contributed by atoms with Crippen molar-refractivity contribution in [2.75, 3.05) is 6.61 Å². The minimum atomic E-state index is -1.66. The van der Waals surface area contributed by atoms with Gasteiger partial charge in [0.25, 0.3) is 0 Å². The van der Waals surface area contributed by atoms with E-state index >= 15 is 0 Å². The number of aliphatic hydroxyl groups excluding tert-OH is 1. The number of rotatable bonds is 14. The number of amides is 3. The molecule has 0 aromatic heterocycles. The minimum absolute atomic E-state index is 0.00858. The molecule has 0 saturated heterocycles. The molecule has 12 nitrogen and oxygen atoms in total. The first-order chi connectivity index (χ1) is 14.3. The summed E-state index contributed by atoms with van der Waals surface area (Å²) in [4.78, 5) is 59.5. The summed E-state index contributed by atoms with van der Waals surface area (Å²) >= 11 is 0. The highest BCUT2D eigenvalue weighted by Crippen LogP contribution is 2.10. The van der Waals surface area contributed by atoms with Gasteiger partial charge in [0.1, 0.15) is 24.2 Å². The van der Waals surface area contributed by atoms with Crippen LogP contribution >= 0.6 is 0 Å². The smallest absolute Gasteiger partial charge is 0.326 e. The van der Waals surface area contributed by atoms with Gasteiger partial charge in [-0.25, -0.2) is 4.79 Å². The third-order valence-corrected chi connectivity index (χ3v) is 4.21. The Kier molecular flexibility index (Phi) is 12.4. The lowest BCUT2D eigenvalue weighted by molar-refractivity contribution is -0.147. The number of aliphatic hydroxyl groups is 1. The molecule has 0 aromatic rings. The molecule has 4 unspecified atom stereocenters. The molecule has 0 radical (unpaired) electrons. The zero-order chi connectivity index (χ0) is 24.3. The van der Waals surface area contributed by atoms with Crippen LogP contribution in [0.3, 0.4) is 0 Å². The van der Waals surface area contributed by atoms with Crippen molar-refractivity contribution in [1.29, 1.82) is 0 Å². The van der Waals surface area contributed by atoms with Gasteiger partial charge in [-0.05, 0) is 24.7 Å². The molecule has 0 fully saturated rings. The van der Waals surface area contributed by atoms with Crippen LogP contribution in [0.2, 0.25) is 0 Å². The highest BCUT2D eigenvalue weighted by molar-refractivity contribution is 5.94. The number of nitrogens with two attached hydrogens (primary N) is 1. The number of hydrogen-bond acceptors (Lipinski definition) is 7. The molecular weight excluding hydrogens is 412 g/mol. The number of carbonyl (C=O) groups excluding carboxylic acids is 3. The zero-order valence-electron chi connectivity index (χ0n) is 18.3. The van der Waals surface area contributed by atoms with E-state index in [0.29, 0.717) is 0 Å². The fourth-order valence-electron chi connectivity index (χ4n) is 2.69. The number of hydrogen-bond donors (Lipinski definition) is 7. The van der Waals surface area contributed by atoms with Crippen molar-refractivity contribution < 1.29 is 39.3 Å². The van der Waals surface area contributed by atoms with Crippen LogP contribution < -0.4 is 21.7 Å². The minimum Gasteiger partial charge on any atom is -0.481 e. The summed E-state index contributed by atoms with van der Waals surface area (Å²) in [6.07, 6.45) is -0.452. The lowest BCUT2D eigenvalue weighted by Gasteiger charge is -2.26. The summed E-state index contributed by atoms with van der Waals surface area (Å²) in [7, 11) is 0. The maximum atomic E-state index is 12.8. The Balaban J connectivity index is 5.48. The van der Waals surface area contributed by atoms with E-state index in [4.69, 9.17) is 21.1 Å². The van der Waals surface area contributed by atoms with Gasteiger partial charge in [-0.3, -0.25) is 19.2 Å². The van der Waals surface area contributed by atoms with E-state index in [2.05, 4.69) is 16.0 Å². The van der Waals surface area contributed by atoms with Crippen LogP contribution in [0.25, 0.3) is 0 Å². The van der Waals surface area contributed by atoms with Gasteiger partial charge in [0.15, 0.2) is 0 Å². The summed E-state index contributed by atoms with van der Waals surface area (Å²) in [5, 5.41) is 34.1. The Hall–Kier alpha value is -2.73. The lowest BCUT2D eigenvalue weighted by atomic mass is 9.99. The van der Waals surface area contributed by atoms with Crippen LogP contribution in [-0.4, -0.2) is 75.8 Å². The van der Waals surface area contributed by atoms with Crippen LogP contribution in [0.5, 0.6) is 0 Å². The van der Waals surface area contributed by atoms with Crippen molar-refractivity contribution in [2.45, 2.75) is 71.1 Å². The van der Waals surface area contributed by atoms with Crippen LogP contribution in [0.15, 0.2) is 0 Å². The van der Waals surface area contributed by atoms with Crippen molar-refractivity contribution in [3.63, 3.8) is 0 Å². The van der Waals surface area contributed by atoms with E-state index in [1.807, 2.05) is 13.8 Å². The van der Waals surface area contributed by atoms with Gasteiger partial charge in [-0.15, -0.1) is 0 Å². The molecule has 31 heavy (non-hydrogen) atoms. The Morgan fingerprint density at radius 2 is 1.13 bits per heavy atom. The predicted octanol–water partition coefficient (Wildman–Crippen LogP) is -1.59. The molecule has 8 N–H and O–H groups in total. The first-order valence-corrected chi connectivity index (χ1v) is 10.0. The molecular formula is C19H34N4O8. The fraction of sp³-hybridized carbons (Fsp3) is 0.737. The second-order valence-electron chi connectivity index (χ2n) is 8.17. The van der Waals surface area contributed by atoms with Crippen molar-refractivity contribution in [2.24, 2.45) is 17.6 Å². The largest absolute Gasteiger partial charge is 0.481 e. The Labute approximate surface area is 180 Å². The van der Waals surface area contributed by atoms with Crippen LogP contribution in [0.4, 0.5) is 0 Å². The number of aliphatic carboxylic acids is 2. The second-order valence-corrected chi connectivity index (χ2v) is 8.17. The van der Waals surface area contributed by atoms with Gasteiger partial charge in [-0.1, -0.05) is 27.7 Å². The molecule has 3 amide bonds. The van der Waals surface area contributed by atoms with Gasteiger partial charge in [-0.2, -0.15) is 0 Å². The molecule has 0 aliphatic rings. The molecule has 0 rings (SSSR count). The maximum Gasteiger partial charge on any atom is 0.326 e. The monoisotopic (exact) mass is 446 g/mol. The zero-order valence-corrected chi connectivity index (χ0v) is 18.3. The van der Waals surface area contributed by atoms with E-state index in [1.54, 1.807) is 13.8 Å². The van der Waals surface area contributed by atoms with Crippen molar-refractivity contribution in [3.8, 4) is 0 Å². The van der Waals surface area contributed by atoms with Gasteiger partial charge < -0.3 is 37.0 Å². The Bertz CT molecular complexity index is 653. The third-order valence-electron chi connectivity index (χ3n) is 4.21. The number of carboxylic acid groups (broad SMARTS) is 2. The van der Waals surface area contributed by atoms with Gasteiger partial charge in [0.05, 0.1) is 13.0 Å². The molecule has 0 heterocycles. The number of nitrogens with one attached hydrogen (secondary N) is 3. The summed E-state index contributed by atoms with van der Waals surface area (Å²) in [6, 6.07) is -5.07. The molecule has 0 spiro atoms. The average Bonchev–Trinajstić information content (AvgIpc) is 2.64. The molecule has 12 heteroatoms. The molecule has 178 valence electrons. The normalized spacial score (nSPS) is 15.0. The van der Waals surface area contributed by atoms with E-state index in [0.717, 1.165) is 0 Å². The predicted molar refractivity (Wildman–Crippen MR) is 110 cm³/mol. The highest BCUT2D eigenvalue weighted by atomic mass is 16.4. The van der Waals surface area contributed by atoms with E-state index in [9.17, 15) is 24.0 Å². The standard InChI is InChI=1S/C19H34N4O8/c1-9(2)5-12(21-16(27)11(20)8-24)17(28)22-13(6-10(3)4)18(29)23-14(19(30)31)7-15(25)26/h9-14,24H,5-8,20H2,1-4H3,(H,21,27)(H,22,28)(H,23,29)(H,25,26)(H,30,31). The molecule has 4 atom stereocenters. The van der Waals surface area contributed by atoms with E-state index in [-0.39, 0.29) is 24.7 Å². The first kappa shape index (κ1) is 28.3. The van der Waals surface area contributed by atoms with E-state index < -0.39 is 66.9 Å².